The SMILES string of the molecule is NC(c1cc(Br)c(Br)s1)C1CCOC1. The molecule has 5 heteroatoms. The van der Waals surface area contributed by atoms with Crippen LogP contribution in [0.3, 0.4) is 0 Å². The maximum absolute atomic E-state index is 6.17. The topological polar surface area (TPSA) is 35.2 Å². The summed E-state index contributed by atoms with van der Waals surface area (Å²) in [4.78, 5) is 1.22. The van der Waals surface area contributed by atoms with Gasteiger partial charge in [0.1, 0.15) is 0 Å². The highest BCUT2D eigenvalue weighted by Gasteiger charge is 2.25. The Morgan fingerprint density at radius 1 is 1.57 bits per heavy atom. The number of halogens is 2. The maximum atomic E-state index is 6.17. The monoisotopic (exact) mass is 339 g/mol. The third-order valence-corrected chi connectivity index (χ3v) is 5.82. The van der Waals surface area contributed by atoms with Gasteiger partial charge in [-0.15, -0.1) is 11.3 Å². The summed E-state index contributed by atoms with van der Waals surface area (Å²) >= 11 is 8.65. The molecule has 0 aliphatic carbocycles. The van der Waals surface area contributed by atoms with Gasteiger partial charge in [-0.3, -0.25) is 0 Å². The molecule has 2 heterocycles. The molecule has 14 heavy (non-hydrogen) atoms. The number of hydrogen-bond acceptors (Lipinski definition) is 3. The van der Waals surface area contributed by atoms with E-state index in [1.165, 1.54) is 4.88 Å². The predicted octanol–water partition coefficient (Wildman–Crippen LogP) is 3.31. The standard InChI is InChI=1S/C9H11Br2NOS/c10-6-3-7(14-9(6)11)8(12)5-1-2-13-4-5/h3,5,8H,1-2,4,12H2. The van der Waals surface area contributed by atoms with Crippen LogP contribution in [0.5, 0.6) is 0 Å². The molecular formula is C9H11Br2NOS. The molecule has 0 saturated carbocycles. The smallest absolute Gasteiger partial charge is 0.0843 e. The first-order chi connectivity index (χ1) is 6.68. The normalized spacial score (nSPS) is 24.1. The molecule has 1 aliphatic rings. The van der Waals surface area contributed by atoms with Crippen LogP contribution in [0.4, 0.5) is 0 Å². The Labute approximate surface area is 104 Å². The van der Waals surface area contributed by atoms with Crippen molar-refractivity contribution < 1.29 is 4.74 Å². The van der Waals surface area contributed by atoms with Crippen LogP contribution >= 0.6 is 43.2 Å². The van der Waals surface area contributed by atoms with Crippen molar-refractivity contribution in [2.24, 2.45) is 11.7 Å². The molecule has 1 aromatic rings. The summed E-state index contributed by atoms with van der Waals surface area (Å²) in [5, 5.41) is 0. The van der Waals surface area contributed by atoms with Crippen LogP contribution in [0.25, 0.3) is 0 Å². The largest absolute Gasteiger partial charge is 0.381 e. The highest BCUT2D eigenvalue weighted by atomic mass is 79.9. The van der Waals surface area contributed by atoms with E-state index in [1.807, 2.05) is 0 Å². The fourth-order valence-electron chi connectivity index (χ4n) is 1.60. The summed E-state index contributed by atoms with van der Waals surface area (Å²) in [6.45, 7) is 1.65. The second-order valence-electron chi connectivity index (χ2n) is 3.42. The van der Waals surface area contributed by atoms with Gasteiger partial charge < -0.3 is 10.5 Å². The van der Waals surface area contributed by atoms with Crippen molar-refractivity contribution in [1.82, 2.24) is 0 Å². The van der Waals surface area contributed by atoms with Crippen molar-refractivity contribution in [3.8, 4) is 0 Å². The lowest BCUT2D eigenvalue weighted by Gasteiger charge is -2.15. The van der Waals surface area contributed by atoms with Crippen LogP contribution in [-0.2, 0) is 4.74 Å². The van der Waals surface area contributed by atoms with Crippen molar-refractivity contribution in [1.29, 1.82) is 0 Å². The fourth-order valence-corrected chi connectivity index (χ4v) is 3.78. The average molecular weight is 341 g/mol. The van der Waals surface area contributed by atoms with Crippen molar-refractivity contribution >= 4 is 43.2 Å². The van der Waals surface area contributed by atoms with E-state index in [0.29, 0.717) is 5.92 Å². The zero-order valence-corrected chi connectivity index (χ0v) is 11.5. The summed E-state index contributed by atoms with van der Waals surface area (Å²) in [6, 6.07) is 2.21. The molecule has 1 aliphatic heterocycles. The molecule has 1 fully saturated rings. The Morgan fingerprint density at radius 3 is 2.86 bits per heavy atom. The molecule has 1 saturated heterocycles. The first-order valence-electron chi connectivity index (χ1n) is 4.46. The zero-order valence-electron chi connectivity index (χ0n) is 7.50. The lowest BCUT2D eigenvalue weighted by atomic mass is 9.99. The van der Waals surface area contributed by atoms with E-state index in [4.69, 9.17) is 10.5 Å². The molecule has 1 aromatic heterocycles. The van der Waals surface area contributed by atoms with Crippen molar-refractivity contribution in [2.75, 3.05) is 13.2 Å². The summed E-state index contributed by atoms with van der Waals surface area (Å²) in [7, 11) is 0. The fraction of sp³-hybridized carbons (Fsp3) is 0.556. The third kappa shape index (κ3) is 2.22. The molecule has 0 spiro atoms. The minimum Gasteiger partial charge on any atom is -0.381 e. The van der Waals surface area contributed by atoms with Gasteiger partial charge in [0.05, 0.1) is 10.4 Å². The highest BCUT2D eigenvalue weighted by molar-refractivity contribution is 9.13. The summed E-state index contributed by atoms with van der Waals surface area (Å²) in [6.07, 6.45) is 1.08. The first-order valence-corrected chi connectivity index (χ1v) is 6.87. The molecule has 2 N–H and O–H groups in total. The van der Waals surface area contributed by atoms with Gasteiger partial charge >= 0.3 is 0 Å². The van der Waals surface area contributed by atoms with Gasteiger partial charge in [0, 0.05) is 27.9 Å². The van der Waals surface area contributed by atoms with Crippen LogP contribution in [0.2, 0.25) is 0 Å². The quantitative estimate of drug-likeness (QED) is 0.896. The predicted molar refractivity (Wildman–Crippen MR) is 65.6 cm³/mol. The Balaban J connectivity index is 2.13. The van der Waals surface area contributed by atoms with Crippen LogP contribution in [0.1, 0.15) is 17.3 Å². The van der Waals surface area contributed by atoms with Gasteiger partial charge in [-0.2, -0.15) is 0 Å². The minimum atomic E-state index is 0.116. The molecule has 2 rings (SSSR count). The van der Waals surface area contributed by atoms with Gasteiger partial charge in [0.15, 0.2) is 0 Å². The van der Waals surface area contributed by atoms with E-state index in [9.17, 15) is 0 Å². The minimum absolute atomic E-state index is 0.116. The zero-order chi connectivity index (χ0) is 10.1. The Kier molecular flexibility index (Phi) is 3.65. The third-order valence-electron chi connectivity index (χ3n) is 2.47. The van der Waals surface area contributed by atoms with Gasteiger partial charge in [-0.1, -0.05) is 0 Å². The van der Waals surface area contributed by atoms with Crippen LogP contribution in [0.15, 0.2) is 14.3 Å². The number of thiophene rings is 1. The van der Waals surface area contributed by atoms with Crippen LogP contribution in [-0.4, -0.2) is 13.2 Å². The molecular weight excluding hydrogens is 330 g/mol. The molecule has 2 atom stereocenters. The Bertz CT molecular complexity index is 303. The second-order valence-corrected chi connectivity index (χ2v) is 6.68. The number of ether oxygens (including phenoxy) is 1. The molecule has 2 nitrogen and oxygen atoms in total. The number of rotatable bonds is 2. The highest BCUT2D eigenvalue weighted by Crippen LogP contribution is 2.38. The lowest BCUT2D eigenvalue weighted by molar-refractivity contribution is 0.181. The molecule has 78 valence electrons. The van der Waals surface area contributed by atoms with Crippen molar-refractivity contribution in [3.05, 3.63) is 19.2 Å². The molecule has 0 radical (unpaired) electrons. The van der Waals surface area contributed by atoms with Gasteiger partial charge in [-0.05, 0) is 44.3 Å². The van der Waals surface area contributed by atoms with E-state index in [-0.39, 0.29) is 6.04 Å². The van der Waals surface area contributed by atoms with E-state index in [0.717, 1.165) is 27.9 Å². The van der Waals surface area contributed by atoms with E-state index >= 15 is 0 Å². The first kappa shape index (κ1) is 11.1. The molecule has 0 bridgehead atoms. The molecule has 2 unspecified atom stereocenters. The summed E-state index contributed by atoms with van der Waals surface area (Å²) < 4.78 is 7.54. The molecule has 0 amide bonds. The summed E-state index contributed by atoms with van der Waals surface area (Å²) in [5.41, 5.74) is 6.17. The molecule has 0 aromatic carbocycles. The lowest BCUT2D eigenvalue weighted by Crippen LogP contribution is -2.20. The van der Waals surface area contributed by atoms with E-state index in [1.54, 1.807) is 11.3 Å². The number of hydrogen-bond donors (Lipinski definition) is 1. The average Bonchev–Trinajstić information content (AvgIpc) is 2.76. The maximum Gasteiger partial charge on any atom is 0.0843 e. The van der Waals surface area contributed by atoms with Crippen LogP contribution < -0.4 is 5.73 Å². The van der Waals surface area contributed by atoms with Gasteiger partial charge in [0.2, 0.25) is 0 Å². The van der Waals surface area contributed by atoms with E-state index in [2.05, 4.69) is 37.9 Å². The second kappa shape index (κ2) is 4.61. The van der Waals surface area contributed by atoms with Crippen LogP contribution in [0, 0.1) is 5.92 Å². The summed E-state index contributed by atoms with van der Waals surface area (Å²) in [5.74, 6) is 0.479. The van der Waals surface area contributed by atoms with E-state index < -0.39 is 0 Å². The van der Waals surface area contributed by atoms with Crippen molar-refractivity contribution in [3.63, 3.8) is 0 Å². The van der Waals surface area contributed by atoms with Gasteiger partial charge in [-0.25, -0.2) is 0 Å². The van der Waals surface area contributed by atoms with Gasteiger partial charge in [0.25, 0.3) is 0 Å². The number of nitrogens with two attached hydrogens (primary N) is 1. The van der Waals surface area contributed by atoms with Crippen molar-refractivity contribution in [2.45, 2.75) is 12.5 Å². The Morgan fingerprint density at radius 2 is 2.36 bits per heavy atom. The Hall–Kier alpha value is 0.580.